The van der Waals surface area contributed by atoms with E-state index < -0.39 is 0 Å². The van der Waals surface area contributed by atoms with Gasteiger partial charge in [-0.05, 0) is 24.6 Å². The zero-order valence-electron chi connectivity index (χ0n) is 6.64. The number of ether oxygens (including phenoxy) is 1. The van der Waals surface area contributed by atoms with E-state index in [1.165, 1.54) is 5.57 Å². The van der Waals surface area contributed by atoms with E-state index >= 15 is 0 Å². The van der Waals surface area contributed by atoms with Crippen molar-refractivity contribution in [2.45, 2.75) is 13.8 Å². The van der Waals surface area contributed by atoms with Crippen molar-refractivity contribution in [3.8, 4) is 0 Å². The van der Waals surface area contributed by atoms with Crippen LogP contribution in [0.2, 0.25) is 0 Å². The fourth-order valence-corrected chi connectivity index (χ4v) is 1.17. The van der Waals surface area contributed by atoms with E-state index in [1.807, 2.05) is 19.1 Å². The Labute approximate surface area is 61.7 Å². The molecule has 1 nitrogen and oxygen atoms in total. The molecule has 1 atom stereocenters. The Hall–Kier alpha value is -0.940. The van der Waals surface area contributed by atoms with Gasteiger partial charge in [-0.2, -0.15) is 0 Å². The molecule has 0 aromatic rings. The van der Waals surface area contributed by atoms with E-state index in [2.05, 4.69) is 12.7 Å². The second-order valence-corrected chi connectivity index (χ2v) is 2.52. The lowest BCUT2D eigenvalue weighted by atomic mass is 10.0. The van der Waals surface area contributed by atoms with Crippen molar-refractivity contribution in [2.24, 2.45) is 5.92 Å². The highest BCUT2D eigenvalue weighted by Crippen LogP contribution is 2.20. The zero-order valence-corrected chi connectivity index (χ0v) is 6.64. The van der Waals surface area contributed by atoms with Crippen molar-refractivity contribution in [2.75, 3.05) is 7.11 Å². The van der Waals surface area contributed by atoms with Gasteiger partial charge >= 0.3 is 0 Å². The Morgan fingerprint density at radius 1 is 1.60 bits per heavy atom. The zero-order chi connectivity index (χ0) is 7.56. The van der Waals surface area contributed by atoms with Gasteiger partial charge in [0.25, 0.3) is 0 Å². The largest absolute Gasteiger partial charge is 0.500 e. The summed E-state index contributed by atoms with van der Waals surface area (Å²) in [7, 11) is 1.71. The lowest BCUT2D eigenvalue weighted by molar-refractivity contribution is 0.257. The van der Waals surface area contributed by atoms with Gasteiger partial charge in [0, 0.05) is 5.92 Å². The first-order valence-electron chi connectivity index (χ1n) is 3.43. The van der Waals surface area contributed by atoms with E-state index in [0.717, 1.165) is 5.76 Å². The Kier molecular flexibility index (Phi) is 1.98. The molecule has 0 saturated heterocycles. The molecule has 0 saturated carbocycles. The first-order chi connectivity index (χ1) is 4.75. The summed E-state index contributed by atoms with van der Waals surface area (Å²) in [5.41, 5.74) is 4.24. The van der Waals surface area contributed by atoms with E-state index in [0.29, 0.717) is 5.92 Å². The average Bonchev–Trinajstić information content (AvgIpc) is 1.88. The maximum absolute atomic E-state index is 5.19. The summed E-state index contributed by atoms with van der Waals surface area (Å²) in [4.78, 5) is 0. The van der Waals surface area contributed by atoms with Crippen LogP contribution in [-0.2, 0) is 4.74 Å². The molecular weight excluding hydrogens is 124 g/mol. The van der Waals surface area contributed by atoms with E-state index in [4.69, 9.17) is 4.74 Å². The SMILES string of the molecule is COC1=C(C)C=C=CC1C. The van der Waals surface area contributed by atoms with Gasteiger partial charge in [0.2, 0.25) is 0 Å². The van der Waals surface area contributed by atoms with Crippen LogP contribution in [0, 0.1) is 5.92 Å². The Morgan fingerprint density at radius 2 is 2.30 bits per heavy atom. The lowest BCUT2D eigenvalue weighted by Gasteiger charge is -2.14. The van der Waals surface area contributed by atoms with Crippen LogP contribution in [0.1, 0.15) is 13.8 Å². The molecule has 1 aliphatic rings. The number of methoxy groups -OCH3 is 1. The summed E-state index contributed by atoms with van der Waals surface area (Å²) in [5.74, 6) is 1.44. The second kappa shape index (κ2) is 2.76. The van der Waals surface area contributed by atoms with Gasteiger partial charge in [-0.25, -0.2) is 0 Å². The molecule has 0 radical (unpaired) electrons. The molecular formula is C9H12O. The molecule has 0 aromatic heterocycles. The third kappa shape index (κ3) is 1.14. The third-order valence-electron chi connectivity index (χ3n) is 1.67. The smallest absolute Gasteiger partial charge is 0.106 e. The summed E-state index contributed by atoms with van der Waals surface area (Å²) in [5, 5.41) is 0. The molecule has 0 amide bonds. The quantitative estimate of drug-likeness (QED) is 0.502. The molecule has 1 rings (SSSR count). The maximum atomic E-state index is 5.19. The summed E-state index contributed by atoms with van der Waals surface area (Å²) in [6.45, 7) is 4.14. The van der Waals surface area contributed by atoms with Crippen LogP contribution in [0.4, 0.5) is 0 Å². The van der Waals surface area contributed by atoms with E-state index in [1.54, 1.807) is 7.11 Å². The molecule has 0 heterocycles. The lowest BCUT2D eigenvalue weighted by Crippen LogP contribution is -2.02. The van der Waals surface area contributed by atoms with Crippen LogP contribution < -0.4 is 0 Å². The Morgan fingerprint density at radius 3 is 2.70 bits per heavy atom. The van der Waals surface area contributed by atoms with Crippen LogP contribution in [-0.4, -0.2) is 7.11 Å². The highest BCUT2D eigenvalue weighted by atomic mass is 16.5. The highest BCUT2D eigenvalue weighted by Gasteiger charge is 2.09. The van der Waals surface area contributed by atoms with Gasteiger partial charge in [-0.15, -0.1) is 5.73 Å². The topological polar surface area (TPSA) is 9.23 Å². The summed E-state index contributed by atoms with van der Waals surface area (Å²) in [6, 6.07) is 0. The molecule has 10 heavy (non-hydrogen) atoms. The summed E-state index contributed by atoms with van der Waals surface area (Å²) >= 11 is 0. The van der Waals surface area contributed by atoms with Crippen LogP contribution in [0.15, 0.2) is 29.2 Å². The first-order valence-corrected chi connectivity index (χ1v) is 3.43. The van der Waals surface area contributed by atoms with Crippen LogP contribution >= 0.6 is 0 Å². The highest BCUT2D eigenvalue weighted by molar-refractivity contribution is 5.27. The summed E-state index contributed by atoms with van der Waals surface area (Å²) in [6.07, 6.45) is 3.95. The van der Waals surface area contributed by atoms with Crippen LogP contribution in [0.5, 0.6) is 0 Å². The van der Waals surface area contributed by atoms with Gasteiger partial charge in [-0.3, -0.25) is 0 Å². The standard InChI is InChI=1S/C9H12O/c1-7-5-4-6-8(2)9(7)10-3/h5-7H,1-3H3. The normalized spacial score (nSPS) is 23.7. The van der Waals surface area contributed by atoms with Gasteiger partial charge in [0.15, 0.2) is 0 Å². The third-order valence-corrected chi connectivity index (χ3v) is 1.67. The Bertz CT molecular complexity index is 217. The van der Waals surface area contributed by atoms with E-state index in [9.17, 15) is 0 Å². The van der Waals surface area contributed by atoms with Crippen molar-refractivity contribution < 1.29 is 4.74 Å². The molecule has 0 bridgehead atoms. The molecule has 0 aromatic carbocycles. The predicted molar refractivity (Wildman–Crippen MR) is 41.5 cm³/mol. The van der Waals surface area contributed by atoms with Gasteiger partial charge in [-0.1, -0.05) is 6.92 Å². The average molecular weight is 136 g/mol. The molecule has 0 aliphatic heterocycles. The van der Waals surface area contributed by atoms with Gasteiger partial charge < -0.3 is 4.74 Å². The van der Waals surface area contributed by atoms with Crippen molar-refractivity contribution >= 4 is 0 Å². The van der Waals surface area contributed by atoms with Crippen LogP contribution in [0.25, 0.3) is 0 Å². The fraction of sp³-hybridized carbons (Fsp3) is 0.444. The van der Waals surface area contributed by atoms with Crippen LogP contribution in [0.3, 0.4) is 0 Å². The minimum Gasteiger partial charge on any atom is -0.500 e. The number of allylic oxidation sites excluding steroid dienone is 2. The molecule has 0 fully saturated rings. The Balaban J connectivity index is 2.96. The van der Waals surface area contributed by atoms with E-state index in [-0.39, 0.29) is 0 Å². The van der Waals surface area contributed by atoms with Gasteiger partial charge in [0.1, 0.15) is 5.76 Å². The van der Waals surface area contributed by atoms with Crippen molar-refractivity contribution in [1.29, 1.82) is 0 Å². The number of hydrogen-bond acceptors (Lipinski definition) is 1. The van der Waals surface area contributed by atoms with Crippen molar-refractivity contribution in [3.63, 3.8) is 0 Å². The minimum absolute atomic E-state index is 0.384. The molecule has 1 unspecified atom stereocenters. The maximum Gasteiger partial charge on any atom is 0.106 e. The number of hydrogen-bond donors (Lipinski definition) is 0. The first kappa shape index (κ1) is 7.17. The molecule has 1 heteroatoms. The predicted octanol–water partition coefficient (Wildman–Crippen LogP) is 2.27. The molecule has 0 N–H and O–H groups in total. The number of rotatable bonds is 1. The summed E-state index contributed by atoms with van der Waals surface area (Å²) < 4.78 is 5.19. The molecule has 0 spiro atoms. The molecule has 1 aliphatic carbocycles. The van der Waals surface area contributed by atoms with Crippen molar-refractivity contribution in [1.82, 2.24) is 0 Å². The monoisotopic (exact) mass is 136 g/mol. The van der Waals surface area contributed by atoms with Crippen molar-refractivity contribution in [3.05, 3.63) is 29.2 Å². The molecule has 54 valence electrons. The van der Waals surface area contributed by atoms with Gasteiger partial charge in [0.05, 0.1) is 7.11 Å². The minimum atomic E-state index is 0.384. The second-order valence-electron chi connectivity index (χ2n) is 2.52. The fourth-order valence-electron chi connectivity index (χ4n) is 1.17.